The smallest absolute Gasteiger partial charge is 0.256 e. The van der Waals surface area contributed by atoms with Gasteiger partial charge in [0, 0.05) is 19.4 Å². The average molecular weight is 308 g/mol. The number of amides is 2. The second-order valence-electron chi connectivity index (χ2n) is 4.37. The van der Waals surface area contributed by atoms with E-state index < -0.39 is 6.04 Å². The number of aromatic nitrogens is 5. The fourth-order valence-corrected chi connectivity index (χ4v) is 2.07. The van der Waals surface area contributed by atoms with Crippen molar-refractivity contribution in [1.29, 1.82) is 0 Å². The average Bonchev–Trinajstić information content (AvgIpc) is 3.05. The molecule has 1 N–H and O–H groups in total. The summed E-state index contributed by atoms with van der Waals surface area (Å²) >= 11 is 5.84. The monoisotopic (exact) mass is 307 g/mol. The van der Waals surface area contributed by atoms with Crippen LogP contribution in [-0.2, 0) is 9.59 Å². The van der Waals surface area contributed by atoms with Crippen molar-refractivity contribution < 1.29 is 9.59 Å². The third-order valence-corrected chi connectivity index (χ3v) is 3.16. The Labute approximate surface area is 124 Å². The molecule has 10 heteroatoms. The highest BCUT2D eigenvalue weighted by molar-refractivity contribution is 6.28. The number of carbonyl (C=O) groups is 2. The van der Waals surface area contributed by atoms with E-state index in [1.165, 1.54) is 11.7 Å². The number of hydrogen-bond donors (Lipinski definition) is 1. The van der Waals surface area contributed by atoms with Gasteiger partial charge in [-0.3, -0.25) is 14.5 Å². The largest absolute Gasteiger partial charge is 0.342 e. The standard InChI is InChI=1S/C11H10ClN7O2/c1-18-7(20)5-6(8(18)21)14-10-15-9(12)16-11(17-10)19-4-2-3-13-19/h2-4,6H,5H2,1H3,(H,14,15,16,17). The minimum absolute atomic E-state index is 0.0388. The van der Waals surface area contributed by atoms with E-state index >= 15 is 0 Å². The van der Waals surface area contributed by atoms with E-state index in [2.05, 4.69) is 25.4 Å². The lowest BCUT2D eigenvalue weighted by molar-refractivity contribution is -0.136. The van der Waals surface area contributed by atoms with E-state index in [-0.39, 0.29) is 35.4 Å². The summed E-state index contributed by atoms with van der Waals surface area (Å²) in [4.78, 5) is 36.3. The topological polar surface area (TPSA) is 106 Å². The zero-order chi connectivity index (χ0) is 15.0. The summed E-state index contributed by atoms with van der Waals surface area (Å²) in [5.41, 5.74) is 0. The predicted molar refractivity (Wildman–Crippen MR) is 71.8 cm³/mol. The number of likely N-dealkylation sites (N-methyl/N-ethyl adjacent to an activating group) is 1. The van der Waals surface area contributed by atoms with Crippen LogP contribution in [0.15, 0.2) is 18.5 Å². The Kier molecular flexibility index (Phi) is 3.26. The van der Waals surface area contributed by atoms with Gasteiger partial charge >= 0.3 is 0 Å². The molecule has 0 spiro atoms. The van der Waals surface area contributed by atoms with Crippen molar-refractivity contribution in [2.75, 3.05) is 12.4 Å². The summed E-state index contributed by atoms with van der Waals surface area (Å²) in [7, 11) is 1.43. The predicted octanol–water partition coefficient (Wildman–Crippen LogP) is -0.120. The number of hydrogen-bond acceptors (Lipinski definition) is 7. The van der Waals surface area contributed by atoms with Gasteiger partial charge in [0.25, 0.3) is 11.9 Å². The van der Waals surface area contributed by atoms with Gasteiger partial charge in [-0.05, 0) is 17.7 Å². The molecule has 1 aliphatic heterocycles. The lowest BCUT2D eigenvalue weighted by Crippen LogP contribution is -2.32. The molecule has 3 heterocycles. The Bertz CT molecular complexity index is 703. The summed E-state index contributed by atoms with van der Waals surface area (Å²) < 4.78 is 1.41. The second kappa shape index (κ2) is 5.09. The number of nitrogens with zero attached hydrogens (tertiary/aromatic N) is 6. The molecule has 0 aliphatic carbocycles. The molecule has 1 atom stereocenters. The molecule has 2 aromatic heterocycles. The third-order valence-electron chi connectivity index (χ3n) is 2.99. The van der Waals surface area contributed by atoms with E-state index in [0.29, 0.717) is 0 Å². The van der Waals surface area contributed by atoms with Crippen LogP contribution < -0.4 is 5.32 Å². The van der Waals surface area contributed by atoms with Crippen molar-refractivity contribution in [2.24, 2.45) is 0 Å². The zero-order valence-electron chi connectivity index (χ0n) is 10.9. The van der Waals surface area contributed by atoms with Gasteiger partial charge in [0.15, 0.2) is 0 Å². The molecule has 1 aliphatic rings. The van der Waals surface area contributed by atoms with Gasteiger partial charge in [-0.2, -0.15) is 20.1 Å². The highest BCUT2D eigenvalue weighted by atomic mass is 35.5. The first kappa shape index (κ1) is 13.4. The molecule has 0 saturated carbocycles. The van der Waals surface area contributed by atoms with Crippen molar-refractivity contribution in [1.82, 2.24) is 29.6 Å². The van der Waals surface area contributed by atoms with Crippen molar-refractivity contribution in [3.05, 3.63) is 23.7 Å². The minimum Gasteiger partial charge on any atom is -0.342 e. The molecule has 2 amide bonds. The Morgan fingerprint density at radius 1 is 1.33 bits per heavy atom. The van der Waals surface area contributed by atoms with Crippen LogP contribution in [0.3, 0.4) is 0 Å². The number of halogens is 1. The summed E-state index contributed by atoms with van der Waals surface area (Å²) in [6, 6.07) is 1.00. The number of anilines is 1. The summed E-state index contributed by atoms with van der Waals surface area (Å²) in [6.45, 7) is 0. The highest BCUT2D eigenvalue weighted by Crippen LogP contribution is 2.16. The zero-order valence-corrected chi connectivity index (χ0v) is 11.7. The number of nitrogens with one attached hydrogen (secondary N) is 1. The van der Waals surface area contributed by atoms with Gasteiger partial charge in [0.1, 0.15) is 6.04 Å². The Balaban J connectivity index is 1.86. The third kappa shape index (κ3) is 2.55. The molecule has 2 aromatic rings. The minimum atomic E-state index is -0.702. The first-order valence-electron chi connectivity index (χ1n) is 6.03. The van der Waals surface area contributed by atoms with Gasteiger partial charge in [-0.15, -0.1) is 0 Å². The number of carbonyl (C=O) groups excluding carboxylic acids is 2. The van der Waals surface area contributed by atoms with E-state index in [0.717, 1.165) is 4.90 Å². The lowest BCUT2D eigenvalue weighted by atomic mass is 10.2. The quantitative estimate of drug-likeness (QED) is 0.788. The fourth-order valence-electron chi connectivity index (χ4n) is 1.92. The molecule has 1 saturated heterocycles. The van der Waals surface area contributed by atoms with Crippen LogP contribution in [-0.4, -0.2) is 54.5 Å². The van der Waals surface area contributed by atoms with Gasteiger partial charge in [-0.1, -0.05) is 0 Å². The fraction of sp³-hybridized carbons (Fsp3) is 0.273. The van der Waals surface area contributed by atoms with Crippen LogP contribution in [0.5, 0.6) is 0 Å². The second-order valence-corrected chi connectivity index (χ2v) is 4.71. The molecule has 1 unspecified atom stereocenters. The Morgan fingerprint density at radius 3 is 2.76 bits per heavy atom. The van der Waals surface area contributed by atoms with E-state index in [1.807, 2.05) is 0 Å². The van der Waals surface area contributed by atoms with Crippen LogP contribution in [0.1, 0.15) is 6.42 Å². The van der Waals surface area contributed by atoms with Crippen LogP contribution >= 0.6 is 11.6 Å². The SMILES string of the molecule is CN1C(=O)CC(Nc2nc(Cl)nc(-n3cccn3)n2)C1=O. The summed E-state index contributed by atoms with van der Waals surface area (Å²) in [5.74, 6) is -0.267. The molecule has 3 rings (SSSR count). The summed E-state index contributed by atoms with van der Waals surface area (Å²) in [6.07, 6.45) is 3.27. The highest BCUT2D eigenvalue weighted by Gasteiger charge is 2.36. The normalized spacial score (nSPS) is 18.4. The molecule has 0 bridgehead atoms. The van der Waals surface area contributed by atoms with Crippen LogP contribution in [0.25, 0.3) is 5.95 Å². The molecule has 108 valence electrons. The van der Waals surface area contributed by atoms with Crippen molar-refractivity contribution in [3.63, 3.8) is 0 Å². The van der Waals surface area contributed by atoms with Gasteiger partial charge in [0.05, 0.1) is 6.42 Å². The summed E-state index contributed by atoms with van der Waals surface area (Å²) in [5, 5.41) is 6.74. The van der Waals surface area contributed by atoms with E-state index in [1.54, 1.807) is 18.5 Å². The van der Waals surface area contributed by atoms with E-state index in [4.69, 9.17) is 11.6 Å². The Hall–Kier alpha value is -2.55. The first-order valence-corrected chi connectivity index (χ1v) is 6.41. The van der Waals surface area contributed by atoms with Crippen LogP contribution in [0, 0.1) is 0 Å². The van der Waals surface area contributed by atoms with Crippen molar-refractivity contribution >= 4 is 29.4 Å². The maximum Gasteiger partial charge on any atom is 0.256 e. The molecular weight excluding hydrogens is 298 g/mol. The molecular formula is C11H10ClN7O2. The molecule has 21 heavy (non-hydrogen) atoms. The van der Waals surface area contributed by atoms with Gasteiger partial charge < -0.3 is 5.32 Å². The molecule has 9 nitrogen and oxygen atoms in total. The van der Waals surface area contributed by atoms with E-state index in [9.17, 15) is 9.59 Å². The van der Waals surface area contributed by atoms with Crippen LogP contribution in [0.2, 0.25) is 5.28 Å². The lowest BCUT2D eigenvalue weighted by Gasteiger charge is -2.11. The van der Waals surface area contributed by atoms with Crippen LogP contribution in [0.4, 0.5) is 5.95 Å². The maximum atomic E-state index is 11.8. The Morgan fingerprint density at radius 2 is 2.14 bits per heavy atom. The molecule has 0 radical (unpaired) electrons. The molecule has 1 fully saturated rings. The maximum absolute atomic E-state index is 11.8. The van der Waals surface area contributed by atoms with Gasteiger partial charge in [-0.25, -0.2) is 4.68 Å². The van der Waals surface area contributed by atoms with Gasteiger partial charge in [0.2, 0.25) is 17.1 Å². The first-order chi connectivity index (χ1) is 10.0. The molecule has 0 aromatic carbocycles. The van der Waals surface area contributed by atoms with Crippen molar-refractivity contribution in [2.45, 2.75) is 12.5 Å². The number of imide groups is 1. The number of likely N-dealkylation sites (tertiary alicyclic amines) is 1. The number of rotatable bonds is 3. The van der Waals surface area contributed by atoms with Crippen molar-refractivity contribution in [3.8, 4) is 5.95 Å².